The number of azide groups is 1. The number of rotatable bonds is 8. The zero-order chi connectivity index (χ0) is 22.3. The minimum Gasteiger partial charge on any atom is -0.466 e. The fourth-order valence-corrected chi connectivity index (χ4v) is 3.93. The highest BCUT2D eigenvalue weighted by molar-refractivity contribution is 5.77. The number of hydrogen-bond acceptors (Lipinski definition) is 4. The van der Waals surface area contributed by atoms with Crippen molar-refractivity contribution in [2.45, 2.75) is 24.6 Å². The molecule has 0 amide bonds. The molecule has 0 fully saturated rings. The van der Waals surface area contributed by atoms with Crippen molar-refractivity contribution in [1.82, 2.24) is 5.01 Å². The number of aliphatic hydroxyl groups excluding tert-OH is 1. The lowest BCUT2D eigenvalue weighted by Gasteiger charge is -2.43. The van der Waals surface area contributed by atoms with Crippen LogP contribution in [0.3, 0.4) is 0 Å². The molecule has 158 valence electrons. The Kier molecular flexibility index (Phi) is 6.92. The van der Waals surface area contributed by atoms with Crippen LogP contribution in [0.4, 0.5) is 0 Å². The number of carbonyl (C=O) groups excluding carboxylic acids is 1. The van der Waals surface area contributed by atoms with Gasteiger partial charge in [-0.2, -0.15) is 4.91 Å². The van der Waals surface area contributed by atoms with Crippen LogP contribution in [-0.4, -0.2) is 35.3 Å². The first kappa shape index (κ1) is 21.9. The standard InChI is InChI=1S/C24H24N4O3/c1-18(29)22(23(30)31-2)28(27-26-25)24(19-12-6-3-7-13-19,20-14-8-4-9-15-20)21-16-10-5-11-17-21/h3-18,22,29H,1-2H3/t18-,22+/m1/s1. The maximum absolute atomic E-state index is 12.8. The van der Waals surface area contributed by atoms with Crippen LogP contribution in [0.2, 0.25) is 0 Å². The SMILES string of the molecule is COC(=O)[C@H]([C@@H](C)O)N(N=[N+]=[N-])C(c1ccccc1)(c1ccccc1)c1ccccc1. The third kappa shape index (κ3) is 4.10. The third-order valence-electron chi connectivity index (χ3n) is 5.22. The van der Waals surface area contributed by atoms with E-state index in [1.54, 1.807) is 0 Å². The number of nitrogens with zero attached hydrogens (tertiary/aromatic N) is 4. The quantitative estimate of drug-likeness (QED) is 0.147. The molecule has 7 heteroatoms. The molecule has 0 heterocycles. The van der Waals surface area contributed by atoms with Crippen LogP contribution in [0, 0.1) is 0 Å². The van der Waals surface area contributed by atoms with E-state index in [1.807, 2.05) is 91.0 Å². The Morgan fingerprint density at radius 1 is 0.935 bits per heavy atom. The Bertz CT molecular complexity index is 940. The van der Waals surface area contributed by atoms with Crippen molar-refractivity contribution in [3.05, 3.63) is 118 Å². The molecule has 31 heavy (non-hydrogen) atoms. The molecular weight excluding hydrogens is 392 g/mol. The molecule has 0 unspecified atom stereocenters. The van der Waals surface area contributed by atoms with Crippen LogP contribution in [0.25, 0.3) is 10.4 Å². The van der Waals surface area contributed by atoms with Gasteiger partial charge in [-0.3, -0.25) is 0 Å². The molecule has 0 bridgehead atoms. The zero-order valence-electron chi connectivity index (χ0n) is 17.4. The van der Waals surface area contributed by atoms with E-state index in [0.29, 0.717) is 0 Å². The maximum Gasteiger partial charge on any atom is 0.354 e. The summed E-state index contributed by atoms with van der Waals surface area (Å²) in [5.41, 5.74) is 10.6. The van der Waals surface area contributed by atoms with Gasteiger partial charge in [-0.05, 0) is 12.1 Å². The van der Waals surface area contributed by atoms with Crippen LogP contribution in [-0.2, 0) is 15.1 Å². The highest BCUT2D eigenvalue weighted by Gasteiger charge is 2.52. The molecule has 0 saturated carbocycles. The van der Waals surface area contributed by atoms with Gasteiger partial charge in [0.2, 0.25) is 6.04 Å². The van der Waals surface area contributed by atoms with Crippen LogP contribution in [0.15, 0.2) is 96.2 Å². The fourth-order valence-electron chi connectivity index (χ4n) is 3.93. The van der Waals surface area contributed by atoms with Crippen molar-refractivity contribution in [3.63, 3.8) is 0 Å². The third-order valence-corrected chi connectivity index (χ3v) is 5.22. The Labute approximate surface area is 181 Å². The van der Waals surface area contributed by atoms with E-state index in [0.717, 1.165) is 16.7 Å². The van der Waals surface area contributed by atoms with Gasteiger partial charge >= 0.3 is 5.97 Å². The lowest BCUT2D eigenvalue weighted by Crippen LogP contribution is -2.56. The number of benzene rings is 3. The fraction of sp³-hybridized carbons (Fsp3) is 0.208. The van der Waals surface area contributed by atoms with Crippen molar-refractivity contribution < 1.29 is 14.6 Å². The number of esters is 1. The highest BCUT2D eigenvalue weighted by atomic mass is 16.5. The zero-order valence-corrected chi connectivity index (χ0v) is 17.4. The molecule has 0 aliphatic heterocycles. The molecule has 0 radical (unpaired) electrons. The van der Waals surface area contributed by atoms with Crippen molar-refractivity contribution in [1.29, 1.82) is 0 Å². The lowest BCUT2D eigenvalue weighted by atomic mass is 9.75. The van der Waals surface area contributed by atoms with Crippen LogP contribution < -0.4 is 0 Å². The minimum absolute atomic E-state index is 0.713. The summed E-state index contributed by atoms with van der Waals surface area (Å²) in [5, 5.41) is 15.9. The van der Waals surface area contributed by atoms with Crippen LogP contribution in [0.5, 0.6) is 0 Å². The molecule has 3 aromatic carbocycles. The predicted molar refractivity (Wildman–Crippen MR) is 118 cm³/mol. The van der Waals surface area contributed by atoms with Gasteiger partial charge in [-0.1, -0.05) is 91.0 Å². The summed E-state index contributed by atoms with van der Waals surface area (Å²) >= 11 is 0. The number of hydrogen-bond donors (Lipinski definition) is 1. The first-order valence-corrected chi connectivity index (χ1v) is 9.84. The largest absolute Gasteiger partial charge is 0.466 e. The van der Waals surface area contributed by atoms with Gasteiger partial charge in [0.05, 0.1) is 7.11 Å². The normalized spacial score (nSPS) is 12.9. The second-order valence-corrected chi connectivity index (χ2v) is 7.04. The van der Waals surface area contributed by atoms with E-state index in [1.165, 1.54) is 19.0 Å². The van der Waals surface area contributed by atoms with E-state index in [9.17, 15) is 15.4 Å². The Balaban J connectivity index is 2.48. The summed E-state index contributed by atoms with van der Waals surface area (Å²) in [4.78, 5) is 15.8. The molecule has 0 aliphatic carbocycles. The van der Waals surface area contributed by atoms with Gasteiger partial charge < -0.3 is 9.84 Å². The Morgan fingerprint density at radius 2 is 1.32 bits per heavy atom. The molecule has 3 aromatic rings. The van der Waals surface area contributed by atoms with Crippen molar-refractivity contribution in [2.75, 3.05) is 7.11 Å². The number of aliphatic hydroxyl groups is 1. The molecule has 0 aliphatic rings. The summed E-state index contributed by atoms with van der Waals surface area (Å²) in [6.45, 7) is 1.47. The molecule has 0 aromatic heterocycles. The second-order valence-electron chi connectivity index (χ2n) is 7.04. The Morgan fingerprint density at radius 3 is 1.61 bits per heavy atom. The maximum atomic E-state index is 12.8. The van der Waals surface area contributed by atoms with Gasteiger partial charge in [0.1, 0.15) is 6.10 Å². The van der Waals surface area contributed by atoms with Crippen LogP contribution in [0.1, 0.15) is 23.6 Å². The van der Waals surface area contributed by atoms with Gasteiger partial charge in [0, 0.05) is 16.7 Å². The van der Waals surface area contributed by atoms with Gasteiger partial charge in [-0.25, -0.2) is 9.80 Å². The van der Waals surface area contributed by atoms with E-state index in [-0.39, 0.29) is 0 Å². The van der Waals surface area contributed by atoms with Gasteiger partial charge in [0.15, 0.2) is 5.54 Å². The second kappa shape index (κ2) is 9.80. The molecular formula is C24H24N4O3. The predicted octanol–water partition coefficient (Wildman–Crippen LogP) is 4.43. The van der Waals surface area contributed by atoms with Crippen molar-refractivity contribution >= 4 is 5.97 Å². The summed E-state index contributed by atoms with van der Waals surface area (Å²) < 4.78 is 4.98. The first-order chi connectivity index (χ1) is 15.1. The average Bonchev–Trinajstić information content (AvgIpc) is 2.81. The van der Waals surface area contributed by atoms with E-state index < -0.39 is 23.7 Å². The van der Waals surface area contributed by atoms with Gasteiger partial charge in [-0.15, -0.1) is 5.53 Å². The summed E-state index contributed by atoms with van der Waals surface area (Å²) in [7, 11) is 1.24. The summed E-state index contributed by atoms with van der Waals surface area (Å²) in [5.74, 6) is -0.713. The molecule has 3 rings (SSSR count). The molecule has 7 nitrogen and oxygen atoms in total. The summed E-state index contributed by atoms with van der Waals surface area (Å²) in [6.07, 6.45) is -1.19. The smallest absolute Gasteiger partial charge is 0.354 e. The number of methoxy groups -OCH3 is 1. The molecule has 0 spiro atoms. The monoisotopic (exact) mass is 416 g/mol. The molecule has 1 N–H and O–H groups in total. The highest BCUT2D eigenvalue weighted by Crippen LogP contribution is 2.44. The lowest BCUT2D eigenvalue weighted by molar-refractivity contribution is -0.154. The first-order valence-electron chi connectivity index (χ1n) is 9.84. The van der Waals surface area contributed by atoms with Crippen LogP contribution >= 0.6 is 0 Å². The number of ether oxygens (including phenoxy) is 1. The minimum atomic E-state index is -1.26. The van der Waals surface area contributed by atoms with E-state index in [2.05, 4.69) is 10.1 Å². The Hall–Kier alpha value is -3.80. The summed E-state index contributed by atoms with van der Waals surface area (Å²) in [6, 6.07) is 27.0. The van der Waals surface area contributed by atoms with E-state index in [4.69, 9.17) is 4.74 Å². The molecule has 0 saturated heterocycles. The topological polar surface area (TPSA) is 98.5 Å². The number of carbonyl (C=O) groups is 1. The van der Waals surface area contributed by atoms with Crippen molar-refractivity contribution in [2.24, 2.45) is 5.22 Å². The van der Waals surface area contributed by atoms with Gasteiger partial charge in [0.25, 0.3) is 0 Å². The van der Waals surface area contributed by atoms with Crippen molar-refractivity contribution in [3.8, 4) is 0 Å². The van der Waals surface area contributed by atoms with E-state index >= 15 is 0 Å². The molecule has 2 atom stereocenters. The average molecular weight is 416 g/mol.